The van der Waals surface area contributed by atoms with Crippen molar-refractivity contribution in [3.63, 3.8) is 0 Å². The van der Waals surface area contributed by atoms with E-state index in [4.69, 9.17) is 35.5 Å². The molecule has 2 fully saturated rings. The first kappa shape index (κ1) is 36.7. The average molecular weight is 734 g/mol. The van der Waals surface area contributed by atoms with E-state index in [1.807, 2.05) is 57.2 Å². The highest BCUT2D eigenvalue weighted by Crippen LogP contribution is 2.35. The molecule has 2 amide bonds. The monoisotopic (exact) mass is 733 g/mol. The summed E-state index contributed by atoms with van der Waals surface area (Å²) in [5.74, 6) is 0.730. The van der Waals surface area contributed by atoms with E-state index in [0.29, 0.717) is 52.2 Å². The van der Waals surface area contributed by atoms with Gasteiger partial charge >= 0.3 is 18.2 Å². The fourth-order valence-electron chi connectivity index (χ4n) is 7.26. The predicted octanol–water partition coefficient (Wildman–Crippen LogP) is 6.30. The Kier molecular flexibility index (Phi) is 11.0. The Morgan fingerprint density at radius 2 is 1.70 bits per heavy atom. The van der Waals surface area contributed by atoms with Crippen LogP contribution in [0, 0.1) is 6.57 Å². The third-order valence-electron chi connectivity index (χ3n) is 9.84. The van der Waals surface area contributed by atoms with Crippen molar-refractivity contribution in [3.8, 4) is 6.01 Å². The van der Waals surface area contributed by atoms with Crippen LogP contribution >= 0.6 is 0 Å². The lowest BCUT2D eigenvalue weighted by molar-refractivity contribution is -0.111. The lowest BCUT2D eigenvalue weighted by atomic mass is 10.0. The number of hydrogen-bond donors (Lipinski definition) is 0. The van der Waals surface area contributed by atoms with Gasteiger partial charge in [0.2, 0.25) is 6.54 Å². The van der Waals surface area contributed by atoms with Crippen molar-refractivity contribution >= 4 is 34.5 Å². The van der Waals surface area contributed by atoms with E-state index < -0.39 is 30.1 Å². The molecule has 1 unspecified atom stereocenters. The van der Waals surface area contributed by atoms with Gasteiger partial charge in [0.25, 0.3) is 0 Å². The normalized spacial score (nSPS) is 18.9. The number of carbonyl (C=O) groups is 2. The molecule has 1 aromatic heterocycles. The quantitative estimate of drug-likeness (QED) is 0.191. The molecular weight excluding hydrogens is 686 g/mol. The minimum atomic E-state index is -0.669. The van der Waals surface area contributed by atoms with Gasteiger partial charge in [-0.3, -0.25) is 9.80 Å². The van der Waals surface area contributed by atoms with Gasteiger partial charge in [-0.2, -0.15) is 9.97 Å². The largest absolute Gasteiger partial charge is 0.459 e. The second kappa shape index (κ2) is 16.2. The van der Waals surface area contributed by atoms with Crippen LogP contribution in [-0.2, 0) is 33.8 Å². The number of fused-ring (bicyclic) bond motifs is 2. The van der Waals surface area contributed by atoms with Crippen LogP contribution in [0.3, 0.4) is 0 Å². The maximum absolute atomic E-state index is 13.3. The van der Waals surface area contributed by atoms with Gasteiger partial charge in [0.05, 0.1) is 18.8 Å². The van der Waals surface area contributed by atoms with E-state index in [-0.39, 0.29) is 25.8 Å². The topological polar surface area (TPSA) is 114 Å². The zero-order valence-corrected chi connectivity index (χ0v) is 31.1. The Morgan fingerprint density at radius 3 is 2.52 bits per heavy atom. The van der Waals surface area contributed by atoms with Crippen LogP contribution in [0.4, 0.5) is 21.1 Å². The number of amides is 2. The van der Waals surface area contributed by atoms with Crippen LogP contribution in [-0.4, -0.2) is 102 Å². The molecule has 2 atom stereocenters. The van der Waals surface area contributed by atoms with Gasteiger partial charge in [-0.05, 0) is 50.6 Å². The number of hydrogen-bond acceptors (Lipinski definition) is 10. The van der Waals surface area contributed by atoms with Gasteiger partial charge in [0, 0.05) is 49.4 Å². The molecule has 0 aliphatic carbocycles. The van der Waals surface area contributed by atoms with Crippen LogP contribution in [0.15, 0.2) is 72.8 Å². The van der Waals surface area contributed by atoms with Crippen molar-refractivity contribution in [1.29, 1.82) is 0 Å². The highest BCUT2D eigenvalue weighted by Gasteiger charge is 2.37. The first-order chi connectivity index (χ1) is 26.2. The molecule has 0 spiro atoms. The second-order valence-electron chi connectivity index (χ2n) is 14.8. The molecule has 0 bridgehead atoms. The number of benzene rings is 3. The molecule has 54 heavy (non-hydrogen) atoms. The molecule has 13 heteroatoms. The van der Waals surface area contributed by atoms with Crippen LogP contribution in [0.1, 0.15) is 44.0 Å². The summed E-state index contributed by atoms with van der Waals surface area (Å²) in [7, 11) is 0. The van der Waals surface area contributed by atoms with Gasteiger partial charge < -0.3 is 33.6 Å². The molecule has 0 saturated carbocycles. The summed E-state index contributed by atoms with van der Waals surface area (Å²) < 4.78 is 23.6. The Morgan fingerprint density at radius 1 is 0.907 bits per heavy atom. The van der Waals surface area contributed by atoms with Crippen LogP contribution in [0.5, 0.6) is 6.01 Å². The zero-order chi connectivity index (χ0) is 37.7. The summed E-state index contributed by atoms with van der Waals surface area (Å²) >= 11 is 0. The first-order valence-electron chi connectivity index (χ1n) is 18.6. The van der Waals surface area contributed by atoms with Crippen molar-refractivity contribution in [2.45, 2.75) is 64.6 Å². The smallest absolute Gasteiger partial charge is 0.412 e. The van der Waals surface area contributed by atoms with Crippen molar-refractivity contribution in [2.24, 2.45) is 0 Å². The number of aromatic nitrogens is 2. The van der Waals surface area contributed by atoms with E-state index in [0.717, 1.165) is 34.9 Å². The number of rotatable bonds is 8. The maximum atomic E-state index is 13.3. The van der Waals surface area contributed by atoms with Crippen molar-refractivity contribution < 1.29 is 28.5 Å². The Hall–Kier alpha value is -5.61. The summed E-state index contributed by atoms with van der Waals surface area (Å²) in [5, 5.41) is 2.34. The van der Waals surface area contributed by atoms with E-state index in [1.54, 1.807) is 9.80 Å². The predicted molar refractivity (Wildman–Crippen MR) is 204 cm³/mol. The number of ether oxygens (including phenoxy) is 4. The van der Waals surface area contributed by atoms with Crippen molar-refractivity contribution in [3.05, 3.63) is 101 Å². The number of nitrogens with zero attached hydrogens (tertiary/aromatic N) is 7. The lowest BCUT2D eigenvalue weighted by Crippen LogP contribution is -2.57. The second-order valence-corrected chi connectivity index (χ2v) is 14.8. The molecule has 282 valence electrons. The molecule has 4 heterocycles. The molecular formula is C41H47N7O6. The highest BCUT2D eigenvalue weighted by atomic mass is 16.6. The standard InChI is InChI=1S/C41H47N7O6/c1-41(2,3)54-40(50)48-19-11-23-51-36(48)28-52-38-43-34-26-45(35-17-10-15-30-14-8-9-16-32(30)35)20-18-33(34)37(44-38)46-21-22-47(31(25-46)24-42-4)39(49)53-27-29-12-6-5-7-13-29/h5-10,12-17,31,36H,11,18-28H2,1-3H3/t31?,36-/m1/s1. The average Bonchev–Trinajstić information content (AvgIpc) is 3.18. The van der Waals surface area contributed by atoms with Gasteiger partial charge in [-0.1, -0.05) is 66.7 Å². The third kappa shape index (κ3) is 8.44. The number of piperazine rings is 1. The third-order valence-corrected chi connectivity index (χ3v) is 9.84. The fourth-order valence-corrected chi connectivity index (χ4v) is 7.26. The fraction of sp³-hybridized carbons (Fsp3) is 0.439. The Balaban J connectivity index is 1.15. The molecule has 0 radical (unpaired) electrons. The van der Waals surface area contributed by atoms with E-state index in [9.17, 15) is 9.59 Å². The van der Waals surface area contributed by atoms with E-state index in [2.05, 4.69) is 51.0 Å². The molecule has 2 saturated heterocycles. The SMILES string of the molecule is [C-]#[N+]CC1CN(c2nc(OC[C@H]3OCCCN3C(=O)OC(C)(C)C)nc3c2CCN(c2cccc4ccccc24)C3)CCN1C(=O)OCc1ccccc1. The molecule has 0 N–H and O–H groups in total. The molecule has 3 aliphatic heterocycles. The first-order valence-corrected chi connectivity index (χ1v) is 18.6. The summed E-state index contributed by atoms with van der Waals surface area (Å²) in [6.45, 7) is 17.0. The maximum Gasteiger partial charge on any atom is 0.412 e. The summed E-state index contributed by atoms with van der Waals surface area (Å²) in [4.78, 5) is 47.7. The summed E-state index contributed by atoms with van der Waals surface area (Å²) in [6.07, 6.45) is -0.179. The molecule has 13 nitrogen and oxygen atoms in total. The summed E-state index contributed by atoms with van der Waals surface area (Å²) in [5.41, 5.74) is 3.24. The van der Waals surface area contributed by atoms with E-state index >= 15 is 0 Å². The number of carbonyl (C=O) groups excluding carboxylic acids is 2. The minimum absolute atomic E-state index is 0.0197. The lowest BCUT2D eigenvalue weighted by Gasteiger charge is -2.41. The van der Waals surface area contributed by atoms with Gasteiger partial charge in [-0.15, -0.1) is 0 Å². The Bertz CT molecular complexity index is 1990. The van der Waals surface area contributed by atoms with Crippen LogP contribution in [0.2, 0.25) is 0 Å². The molecule has 7 rings (SSSR count). The van der Waals surface area contributed by atoms with E-state index in [1.165, 1.54) is 10.8 Å². The number of anilines is 2. The highest BCUT2D eigenvalue weighted by molar-refractivity contribution is 5.94. The Labute approximate surface area is 316 Å². The van der Waals surface area contributed by atoms with Crippen LogP contribution in [0.25, 0.3) is 15.6 Å². The van der Waals surface area contributed by atoms with Gasteiger partial charge in [-0.25, -0.2) is 16.2 Å². The zero-order valence-electron chi connectivity index (χ0n) is 31.1. The van der Waals surface area contributed by atoms with Crippen molar-refractivity contribution in [1.82, 2.24) is 19.8 Å². The van der Waals surface area contributed by atoms with Gasteiger partial charge in [0.1, 0.15) is 30.7 Å². The van der Waals surface area contributed by atoms with Gasteiger partial charge in [0.15, 0.2) is 6.23 Å². The van der Waals surface area contributed by atoms with Crippen LogP contribution < -0.4 is 14.5 Å². The molecule has 3 aromatic carbocycles. The molecule has 4 aromatic rings. The molecule has 3 aliphatic rings. The summed E-state index contributed by atoms with van der Waals surface area (Å²) in [6, 6.07) is 24.0. The minimum Gasteiger partial charge on any atom is -0.459 e. The van der Waals surface area contributed by atoms with Crippen molar-refractivity contribution in [2.75, 3.05) is 62.3 Å².